The first-order valence-electron chi connectivity index (χ1n) is 8.76. The van der Waals surface area contributed by atoms with Crippen LogP contribution in [0.1, 0.15) is 11.4 Å². The molecule has 0 radical (unpaired) electrons. The van der Waals surface area contributed by atoms with Gasteiger partial charge in [0.05, 0.1) is 11.1 Å². The smallest absolute Gasteiger partial charge is 0.276 e. The maximum Gasteiger partial charge on any atom is 0.276 e. The Morgan fingerprint density at radius 1 is 1.17 bits per heavy atom. The molecule has 2 aromatic carbocycles. The number of aromatic nitrogens is 2. The number of benzene rings is 2. The lowest BCUT2D eigenvalue weighted by atomic mass is 10.1. The molecule has 0 fully saturated rings. The van der Waals surface area contributed by atoms with Gasteiger partial charge in [-0.05, 0) is 43.9 Å². The maximum absolute atomic E-state index is 13.2. The molecule has 0 saturated heterocycles. The Balaban J connectivity index is 1.92. The fourth-order valence-electron chi connectivity index (χ4n) is 2.86. The van der Waals surface area contributed by atoms with E-state index in [9.17, 15) is 9.59 Å². The van der Waals surface area contributed by atoms with Gasteiger partial charge in [-0.3, -0.25) is 25.0 Å². The zero-order chi connectivity index (χ0) is 21.0. The second-order valence-corrected chi connectivity index (χ2v) is 7.67. The van der Waals surface area contributed by atoms with Crippen molar-refractivity contribution in [3.05, 3.63) is 64.2 Å². The summed E-state index contributed by atoms with van der Waals surface area (Å²) in [7, 11) is 0. The van der Waals surface area contributed by atoms with Gasteiger partial charge in [-0.2, -0.15) is 0 Å². The zero-order valence-corrected chi connectivity index (χ0v) is 17.8. The van der Waals surface area contributed by atoms with Crippen molar-refractivity contribution in [2.24, 2.45) is 0 Å². The lowest BCUT2D eigenvalue weighted by Gasteiger charge is -2.15. The summed E-state index contributed by atoms with van der Waals surface area (Å²) < 4.78 is 7.64. The summed E-state index contributed by atoms with van der Waals surface area (Å²) in [5, 5.41) is 0.415. The number of hydrazine groups is 1. The van der Waals surface area contributed by atoms with Crippen LogP contribution < -0.4 is 21.1 Å². The molecule has 1 aromatic heterocycles. The Morgan fingerprint density at radius 3 is 2.66 bits per heavy atom. The quantitative estimate of drug-likeness (QED) is 0.488. The minimum absolute atomic E-state index is 0.191. The summed E-state index contributed by atoms with van der Waals surface area (Å²) >= 11 is 6.26. The monoisotopic (exact) mass is 428 g/mol. The van der Waals surface area contributed by atoms with Crippen LogP contribution in [0, 0.1) is 13.8 Å². The first-order chi connectivity index (χ1) is 13.9. The molecule has 7 nitrogen and oxygen atoms in total. The van der Waals surface area contributed by atoms with E-state index in [1.807, 2.05) is 31.2 Å². The van der Waals surface area contributed by atoms with E-state index in [0.717, 1.165) is 11.3 Å². The van der Waals surface area contributed by atoms with Crippen molar-refractivity contribution in [2.45, 2.75) is 13.8 Å². The highest BCUT2D eigenvalue weighted by Crippen LogP contribution is 2.23. The number of para-hydroxylation sites is 2. The third-order valence-electron chi connectivity index (χ3n) is 4.23. The Morgan fingerprint density at radius 2 is 1.93 bits per heavy atom. The summed E-state index contributed by atoms with van der Waals surface area (Å²) in [6, 6.07) is 12.7. The van der Waals surface area contributed by atoms with E-state index in [0.29, 0.717) is 26.8 Å². The number of hydrogen-bond donors (Lipinski definition) is 2. The number of nitrogens with zero attached hydrogens (tertiary/aromatic N) is 2. The standard InChI is InChI=1S/C20H20N4O3S2/c1-12-7-4-5-9-15(12)24-13(2)21-18-14(19(24)26)8-6-10-16(18)27-11-17(25)22-23-20(28)29-3/h4-10H,11H2,1-3H3,(H,22,25)(H,23,28). The van der Waals surface area contributed by atoms with E-state index in [2.05, 4.69) is 15.8 Å². The molecule has 0 aliphatic carbocycles. The Labute approximate surface area is 177 Å². The lowest BCUT2D eigenvalue weighted by Crippen LogP contribution is -2.42. The third kappa shape index (κ3) is 4.57. The summed E-state index contributed by atoms with van der Waals surface area (Å²) in [5.41, 5.74) is 7.03. The van der Waals surface area contributed by atoms with Crippen molar-refractivity contribution in [3.8, 4) is 11.4 Å². The van der Waals surface area contributed by atoms with Crippen LogP contribution in [0.3, 0.4) is 0 Å². The second-order valence-electron chi connectivity index (χ2n) is 6.19. The molecule has 0 spiro atoms. The van der Waals surface area contributed by atoms with Crippen LogP contribution in [0.15, 0.2) is 47.3 Å². The molecule has 3 aromatic rings. The number of thioether (sulfide) groups is 1. The van der Waals surface area contributed by atoms with Crippen molar-refractivity contribution in [1.29, 1.82) is 0 Å². The fourth-order valence-corrected chi connectivity index (χ4v) is 3.06. The number of amides is 1. The average Bonchev–Trinajstić information content (AvgIpc) is 2.72. The van der Waals surface area contributed by atoms with E-state index in [1.54, 1.807) is 35.9 Å². The number of carbonyl (C=O) groups excluding carboxylic acids is 1. The van der Waals surface area contributed by atoms with Gasteiger partial charge in [0.15, 0.2) is 10.9 Å². The summed E-state index contributed by atoms with van der Waals surface area (Å²) in [6.07, 6.45) is 1.80. The normalized spacial score (nSPS) is 10.6. The number of fused-ring (bicyclic) bond motifs is 1. The number of nitrogens with one attached hydrogen (secondary N) is 2. The molecule has 0 unspecified atom stereocenters. The van der Waals surface area contributed by atoms with Crippen molar-refractivity contribution in [1.82, 2.24) is 20.4 Å². The molecule has 0 saturated carbocycles. The van der Waals surface area contributed by atoms with Crippen molar-refractivity contribution in [2.75, 3.05) is 12.9 Å². The number of aryl methyl sites for hydroxylation is 2. The SMILES string of the molecule is CSC(=S)NNC(=O)COc1cccc2c(=O)n(-c3ccccc3C)c(C)nc12. The van der Waals surface area contributed by atoms with Crippen molar-refractivity contribution < 1.29 is 9.53 Å². The largest absolute Gasteiger partial charge is 0.481 e. The fraction of sp³-hybridized carbons (Fsp3) is 0.200. The van der Waals surface area contributed by atoms with Gasteiger partial charge >= 0.3 is 0 Å². The van der Waals surface area contributed by atoms with Crippen LogP contribution in [0.2, 0.25) is 0 Å². The second kappa shape index (κ2) is 9.06. The number of hydrogen-bond acceptors (Lipinski definition) is 6. The van der Waals surface area contributed by atoms with E-state index < -0.39 is 5.91 Å². The van der Waals surface area contributed by atoms with Gasteiger partial charge in [0, 0.05) is 0 Å². The van der Waals surface area contributed by atoms with Gasteiger partial charge in [-0.25, -0.2) is 4.98 Å². The Kier molecular flexibility index (Phi) is 6.50. The van der Waals surface area contributed by atoms with Crippen LogP contribution in [-0.4, -0.2) is 32.6 Å². The molecule has 0 aliphatic heterocycles. The highest BCUT2D eigenvalue weighted by molar-refractivity contribution is 8.22. The molecule has 29 heavy (non-hydrogen) atoms. The van der Waals surface area contributed by atoms with Crippen LogP contribution in [0.4, 0.5) is 0 Å². The molecular weight excluding hydrogens is 408 g/mol. The molecular formula is C20H20N4O3S2. The van der Waals surface area contributed by atoms with E-state index in [-0.39, 0.29) is 12.2 Å². The summed E-state index contributed by atoms with van der Waals surface area (Å²) in [5.74, 6) is 0.495. The number of carbonyl (C=O) groups is 1. The van der Waals surface area contributed by atoms with E-state index in [4.69, 9.17) is 17.0 Å². The lowest BCUT2D eigenvalue weighted by molar-refractivity contribution is -0.123. The molecule has 2 N–H and O–H groups in total. The number of ether oxygens (including phenoxy) is 1. The maximum atomic E-state index is 13.2. The predicted molar refractivity (Wildman–Crippen MR) is 120 cm³/mol. The van der Waals surface area contributed by atoms with E-state index in [1.165, 1.54) is 11.8 Å². The summed E-state index contributed by atoms with van der Waals surface area (Å²) in [4.78, 5) is 29.7. The molecule has 3 rings (SSSR count). The topological polar surface area (TPSA) is 85.3 Å². The number of thiocarbonyl (C=S) groups is 1. The van der Waals surface area contributed by atoms with Crippen molar-refractivity contribution in [3.63, 3.8) is 0 Å². The molecule has 0 atom stereocenters. The molecule has 1 heterocycles. The van der Waals surface area contributed by atoms with Crippen LogP contribution in [-0.2, 0) is 4.79 Å². The molecule has 1 amide bonds. The van der Waals surface area contributed by atoms with Crippen LogP contribution >= 0.6 is 24.0 Å². The van der Waals surface area contributed by atoms with E-state index >= 15 is 0 Å². The van der Waals surface area contributed by atoms with Gasteiger partial charge in [0.25, 0.3) is 11.5 Å². The van der Waals surface area contributed by atoms with Gasteiger partial charge in [0.2, 0.25) is 0 Å². The first-order valence-corrected chi connectivity index (χ1v) is 10.4. The first kappa shape index (κ1) is 20.8. The minimum atomic E-state index is -0.400. The minimum Gasteiger partial charge on any atom is -0.481 e. The molecule has 9 heteroatoms. The van der Waals surface area contributed by atoms with Gasteiger partial charge in [-0.15, -0.1) is 0 Å². The average molecular weight is 429 g/mol. The van der Waals surface area contributed by atoms with Gasteiger partial charge in [-0.1, -0.05) is 48.2 Å². The third-order valence-corrected chi connectivity index (χ3v) is 5.31. The zero-order valence-electron chi connectivity index (χ0n) is 16.2. The highest BCUT2D eigenvalue weighted by atomic mass is 32.2. The molecule has 150 valence electrons. The Bertz CT molecular complexity index is 1140. The molecule has 0 aliphatic rings. The number of rotatable bonds is 4. The van der Waals surface area contributed by atoms with Gasteiger partial charge < -0.3 is 4.74 Å². The summed E-state index contributed by atoms with van der Waals surface area (Å²) in [6.45, 7) is 3.47. The predicted octanol–water partition coefficient (Wildman–Crippen LogP) is 2.65. The van der Waals surface area contributed by atoms with Crippen molar-refractivity contribution >= 4 is 45.1 Å². The van der Waals surface area contributed by atoms with Crippen LogP contribution in [0.25, 0.3) is 16.6 Å². The van der Waals surface area contributed by atoms with Crippen LogP contribution in [0.5, 0.6) is 5.75 Å². The highest BCUT2D eigenvalue weighted by Gasteiger charge is 2.15. The Hall–Kier alpha value is -2.91. The van der Waals surface area contributed by atoms with Gasteiger partial charge in [0.1, 0.15) is 17.1 Å². The molecule has 0 bridgehead atoms.